The van der Waals surface area contributed by atoms with Crippen LogP contribution in [0.5, 0.6) is 0 Å². The van der Waals surface area contributed by atoms with E-state index in [0.29, 0.717) is 6.42 Å². The molecule has 0 aromatic carbocycles. The van der Waals surface area contributed by atoms with Gasteiger partial charge in [-0.1, -0.05) is 32.1 Å². The van der Waals surface area contributed by atoms with Crippen LogP contribution < -0.4 is 0 Å². The molecular weight excluding hydrogens is 232 g/mol. The Hall–Kier alpha value is -0.160. The van der Waals surface area contributed by atoms with Crippen LogP contribution in [0.2, 0.25) is 0 Å². The summed E-state index contributed by atoms with van der Waals surface area (Å²) in [6, 6.07) is 0. The highest BCUT2D eigenvalue weighted by Crippen LogP contribution is 2.31. The minimum absolute atomic E-state index is 0.118. The van der Waals surface area contributed by atoms with Gasteiger partial charge in [0.1, 0.15) is 0 Å². The molecule has 18 heavy (non-hydrogen) atoms. The molecule has 1 aliphatic rings. The van der Waals surface area contributed by atoms with Crippen LogP contribution in [0.3, 0.4) is 0 Å². The topological polar surface area (TPSA) is 36.9 Å². The lowest BCUT2D eigenvalue weighted by Crippen LogP contribution is -2.40. The van der Waals surface area contributed by atoms with Gasteiger partial charge < -0.3 is 18.9 Å². The molecule has 0 spiro atoms. The fraction of sp³-hybridized carbons (Fsp3) is 1.00. The molecule has 0 saturated heterocycles. The van der Waals surface area contributed by atoms with Gasteiger partial charge in [0.2, 0.25) is 0 Å². The van der Waals surface area contributed by atoms with Crippen molar-refractivity contribution in [2.45, 2.75) is 57.0 Å². The Bertz CT molecular complexity index is 202. The molecule has 0 heterocycles. The Kier molecular flexibility index (Phi) is 7.15. The van der Waals surface area contributed by atoms with Crippen LogP contribution in [-0.2, 0) is 18.9 Å². The predicted molar refractivity (Wildman–Crippen MR) is 70.4 cm³/mol. The highest BCUT2D eigenvalue weighted by atomic mass is 16.9. The van der Waals surface area contributed by atoms with Crippen LogP contribution in [0.15, 0.2) is 0 Å². The minimum Gasteiger partial charge on any atom is -0.381 e. The summed E-state index contributed by atoms with van der Waals surface area (Å²) in [5.41, 5.74) is 0. The van der Waals surface area contributed by atoms with Crippen molar-refractivity contribution in [2.24, 2.45) is 5.92 Å². The second-order valence-electron chi connectivity index (χ2n) is 5.10. The third-order valence-electron chi connectivity index (χ3n) is 4.06. The molecule has 1 aliphatic carbocycles. The molecule has 0 radical (unpaired) electrons. The van der Waals surface area contributed by atoms with Gasteiger partial charge in [0.15, 0.2) is 0 Å². The summed E-state index contributed by atoms with van der Waals surface area (Å²) in [6.45, 7) is 0. The molecule has 1 atom stereocenters. The minimum atomic E-state index is -0.977. The average Bonchev–Trinajstić information content (AvgIpc) is 2.45. The van der Waals surface area contributed by atoms with Crippen molar-refractivity contribution >= 4 is 0 Å². The van der Waals surface area contributed by atoms with Gasteiger partial charge in [0.25, 0.3) is 5.97 Å². The van der Waals surface area contributed by atoms with Gasteiger partial charge in [-0.15, -0.1) is 0 Å². The summed E-state index contributed by atoms with van der Waals surface area (Å²) in [4.78, 5) is 0. The first-order chi connectivity index (χ1) is 8.69. The first kappa shape index (κ1) is 15.9. The molecular formula is C14H28O4. The Morgan fingerprint density at radius 2 is 1.50 bits per heavy atom. The van der Waals surface area contributed by atoms with Crippen molar-refractivity contribution in [1.29, 1.82) is 0 Å². The van der Waals surface area contributed by atoms with Gasteiger partial charge in [-0.05, 0) is 12.3 Å². The van der Waals surface area contributed by atoms with Crippen LogP contribution in [-0.4, -0.2) is 40.5 Å². The summed E-state index contributed by atoms with van der Waals surface area (Å²) in [6.07, 6.45) is 8.51. The zero-order valence-electron chi connectivity index (χ0n) is 12.2. The molecule has 0 aliphatic heterocycles. The normalized spacial score (nSPS) is 20.0. The second-order valence-corrected chi connectivity index (χ2v) is 5.10. The molecule has 0 amide bonds. The van der Waals surface area contributed by atoms with Crippen LogP contribution in [0.25, 0.3) is 0 Å². The maximum absolute atomic E-state index is 5.57. The number of methoxy groups -OCH3 is 4. The summed E-state index contributed by atoms with van der Waals surface area (Å²) >= 11 is 0. The van der Waals surface area contributed by atoms with Crippen LogP contribution in [0.4, 0.5) is 0 Å². The number of hydrogen-bond acceptors (Lipinski definition) is 4. The molecule has 0 bridgehead atoms. The van der Waals surface area contributed by atoms with Gasteiger partial charge >= 0.3 is 0 Å². The van der Waals surface area contributed by atoms with E-state index >= 15 is 0 Å². The zero-order valence-corrected chi connectivity index (χ0v) is 12.2. The van der Waals surface area contributed by atoms with E-state index in [1.165, 1.54) is 32.1 Å². The molecule has 0 N–H and O–H groups in total. The van der Waals surface area contributed by atoms with Crippen LogP contribution in [0, 0.1) is 5.92 Å². The summed E-state index contributed by atoms with van der Waals surface area (Å²) in [5.74, 6) is -0.207. The van der Waals surface area contributed by atoms with E-state index in [9.17, 15) is 0 Å². The molecule has 108 valence electrons. The maximum atomic E-state index is 5.57. The van der Waals surface area contributed by atoms with Crippen molar-refractivity contribution < 1.29 is 18.9 Å². The molecule has 4 heteroatoms. The van der Waals surface area contributed by atoms with Crippen molar-refractivity contribution in [1.82, 2.24) is 0 Å². The van der Waals surface area contributed by atoms with Crippen molar-refractivity contribution in [3.05, 3.63) is 0 Å². The summed E-state index contributed by atoms with van der Waals surface area (Å²) in [7, 11) is 6.54. The van der Waals surface area contributed by atoms with Crippen LogP contribution in [0.1, 0.15) is 44.9 Å². The van der Waals surface area contributed by atoms with Gasteiger partial charge in [-0.2, -0.15) is 0 Å². The Balaban J connectivity index is 2.48. The van der Waals surface area contributed by atoms with E-state index < -0.39 is 5.97 Å². The fourth-order valence-corrected chi connectivity index (χ4v) is 2.84. The smallest absolute Gasteiger partial charge is 0.284 e. The summed E-state index contributed by atoms with van der Waals surface area (Å²) in [5, 5.41) is 0. The molecule has 0 aromatic heterocycles. The zero-order chi connectivity index (χ0) is 13.4. The van der Waals surface area contributed by atoms with E-state index in [1.54, 1.807) is 28.4 Å². The van der Waals surface area contributed by atoms with E-state index in [0.717, 1.165) is 12.3 Å². The lowest BCUT2D eigenvalue weighted by Gasteiger charge is -2.33. The third kappa shape index (κ3) is 4.50. The Morgan fingerprint density at radius 3 is 1.94 bits per heavy atom. The molecule has 0 aromatic rings. The molecule has 1 rings (SSSR count). The fourth-order valence-electron chi connectivity index (χ4n) is 2.84. The van der Waals surface area contributed by atoms with Gasteiger partial charge in [-0.3, -0.25) is 0 Å². The first-order valence-electron chi connectivity index (χ1n) is 6.88. The lowest BCUT2D eigenvalue weighted by molar-refractivity contribution is -0.362. The Morgan fingerprint density at radius 1 is 0.944 bits per heavy atom. The number of hydrogen-bond donors (Lipinski definition) is 0. The van der Waals surface area contributed by atoms with Crippen molar-refractivity contribution in [2.75, 3.05) is 28.4 Å². The molecule has 1 unspecified atom stereocenters. The quantitative estimate of drug-likeness (QED) is 0.629. The third-order valence-corrected chi connectivity index (χ3v) is 4.06. The first-order valence-corrected chi connectivity index (χ1v) is 6.88. The largest absolute Gasteiger partial charge is 0.381 e. The van der Waals surface area contributed by atoms with Crippen molar-refractivity contribution in [3.8, 4) is 0 Å². The highest BCUT2D eigenvalue weighted by Gasteiger charge is 2.34. The maximum Gasteiger partial charge on any atom is 0.284 e. The van der Waals surface area contributed by atoms with Gasteiger partial charge in [-0.25, -0.2) is 0 Å². The number of ether oxygens (including phenoxy) is 4. The van der Waals surface area contributed by atoms with E-state index in [2.05, 4.69) is 0 Å². The Labute approximate surface area is 111 Å². The predicted octanol–water partition coefficient (Wildman–Crippen LogP) is 2.95. The van der Waals surface area contributed by atoms with Gasteiger partial charge in [0.05, 0.1) is 12.5 Å². The molecule has 4 nitrogen and oxygen atoms in total. The standard InChI is InChI=1S/C14H28O4/c1-15-13(10-12-8-6-5-7-9-12)11-14(16-2,17-3)18-4/h12-13H,5-11H2,1-4H3. The average molecular weight is 260 g/mol. The van der Waals surface area contributed by atoms with E-state index in [-0.39, 0.29) is 6.10 Å². The second kappa shape index (κ2) is 8.10. The molecule has 1 saturated carbocycles. The van der Waals surface area contributed by atoms with Crippen molar-refractivity contribution in [3.63, 3.8) is 0 Å². The summed E-state index contributed by atoms with van der Waals surface area (Å²) < 4.78 is 21.6. The lowest BCUT2D eigenvalue weighted by atomic mass is 9.84. The van der Waals surface area contributed by atoms with E-state index in [1.807, 2.05) is 0 Å². The number of rotatable bonds is 8. The molecule has 1 fully saturated rings. The monoisotopic (exact) mass is 260 g/mol. The van der Waals surface area contributed by atoms with E-state index in [4.69, 9.17) is 18.9 Å². The van der Waals surface area contributed by atoms with Gasteiger partial charge in [0, 0.05) is 28.4 Å². The van der Waals surface area contributed by atoms with Crippen LogP contribution >= 0.6 is 0 Å². The highest BCUT2D eigenvalue weighted by molar-refractivity contribution is 4.73. The SMILES string of the molecule is COC(CC1CCCCC1)CC(OC)(OC)OC.